The van der Waals surface area contributed by atoms with Gasteiger partial charge in [0.05, 0.1) is 5.69 Å². The summed E-state index contributed by atoms with van der Waals surface area (Å²) >= 11 is 0. The zero-order valence-corrected chi connectivity index (χ0v) is 8.50. The van der Waals surface area contributed by atoms with Crippen LogP contribution in [0.25, 0.3) is 11.3 Å². The number of nitrogens with one attached hydrogen (secondary N) is 1. The van der Waals surface area contributed by atoms with Crippen LogP contribution in [0.4, 0.5) is 8.78 Å². The molecule has 1 aliphatic rings. The number of benzene rings is 1. The number of nitrogens with zero attached hydrogens (tertiary/aromatic N) is 1. The lowest BCUT2D eigenvalue weighted by Crippen LogP contribution is -1.85. The number of aromatic amines is 1. The summed E-state index contributed by atoms with van der Waals surface area (Å²) in [6, 6.07) is 5.73. The van der Waals surface area contributed by atoms with Crippen LogP contribution in [0, 0.1) is 11.6 Å². The highest BCUT2D eigenvalue weighted by Crippen LogP contribution is 2.39. The lowest BCUT2D eigenvalue weighted by molar-refractivity contribution is 0.509. The molecule has 3 rings (SSSR count). The van der Waals surface area contributed by atoms with Gasteiger partial charge in [-0.2, -0.15) is 5.10 Å². The summed E-state index contributed by atoms with van der Waals surface area (Å²) in [5.41, 5.74) is 2.35. The minimum atomic E-state index is -0.839. The molecule has 0 atom stereocenters. The van der Waals surface area contributed by atoms with E-state index in [9.17, 15) is 8.78 Å². The van der Waals surface area contributed by atoms with Crippen LogP contribution in [0.3, 0.4) is 0 Å². The number of hydrogen-bond donors (Lipinski definition) is 1. The predicted molar refractivity (Wildman–Crippen MR) is 55.9 cm³/mol. The maximum absolute atomic E-state index is 13.0. The van der Waals surface area contributed by atoms with Gasteiger partial charge in [-0.1, -0.05) is 0 Å². The first-order valence-corrected chi connectivity index (χ1v) is 5.25. The Hall–Kier alpha value is -1.71. The third-order valence-corrected chi connectivity index (χ3v) is 2.83. The molecule has 0 radical (unpaired) electrons. The van der Waals surface area contributed by atoms with Crippen molar-refractivity contribution < 1.29 is 8.78 Å². The maximum Gasteiger partial charge on any atom is 0.159 e. The molecule has 0 aliphatic heterocycles. The molecule has 0 amide bonds. The number of hydrogen-bond acceptors (Lipinski definition) is 1. The summed E-state index contributed by atoms with van der Waals surface area (Å²) in [6.07, 6.45) is 2.36. The smallest absolute Gasteiger partial charge is 0.159 e. The van der Waals surface area contributed by atoms with Gasteiger partial charge in [0.15, 0.2) is 11.6 Å². The van der Waals surface area contributed by atoms with Crippen LogP contribution >= 0.6 is 0 Å². The van der Waals surface area contributed by atoms with Crippen molar-refractivity contribution in [2.75, 3.05) is 0 Å². The Balaban J connectivity index is 1.97. The highest BCUT2D eigenvalue weighted by atomic mass is 19.2. The molecule has 0 spiro atoms. The van der Waals surface area contributed by atoms with E-state index >= 15 is 0 Å². The summed E-state index contributed by atoms with van der Waals surface area (Å²) in [4.78, 5) is 0. The SMILES string of the molecule is Fc1ccc(-c2cc(C3CC3)[nH]n2)cc1F. The number of rotatable bonds is 2. The van der Waals surface area contributed by atoms with Crippen LogP contribution in [0.2, 0.25) is 0 Å². The topological polar surface area (TPSA) is 28.7 Å². The fraction of sp³-hybridized carbons (Fsp3) is 0.250. The Bertz CT molecular complexity index is 530. The molecule has 1 saturated carbocycles. The molecular formula is C12H10F2N2. The fourth-order valence-electron chi connectivity index (χ4n) is 1.74. The molecule has 1 N–H and O–H groups in total. The largest absolute Gasteiger partial charge is 0.282 e. The zero-order valence-electron chi connectivity index (χ0n) is 8.50. The molecule has 1 aromatic heterocycles. The quantitative estimate of drug-likeness (QED) is 0.826. The average molecular weight is 220 g/mol. The van der Waals surface area contributed by atoms with Crippen LogP contribution in [0.15, 0.2) is 24.3 Å². The van der Waals surface area contributed by atoms with Crippen molar-refractivity contribution in [1.29, 1.82) is 0 Å². The number of halogens is 2. The van der Waals surface area contributed by atoms with Crippen LogP contribution in [-0.4, -0.2) is 10.2 Å². The summed E-state index contributed by atoms with van der Waals surface area (Å²) in [6.45, 7) is 0. The van der Waals surface area contributed by atoms with E-state index in [1.54, 1.807) is 0 Å². The molecule has 1 fully saturated rings. The molecule has 2 aromatic rings. The van der Waals surface area contributed by atoms with Crippen molar-refractivity contribution >= 4 is 0 Å². The molecule has 1 aliphatic carbocycles. The summed E-state index contributed by atoms with van der Waals surface area (Å²) in [5.74, 6) is -1.10. The zero-order chi connectivity index (χ0) is 11.1. The van der Waals surface area contributed by atoms with Gasteiger partial charge in [0.1, 0.15) is 0 Å². The van der Waals surface area contributed by atoms with Crippen LogP contribution in [0.5, 0.6) is 0 Å². The van der Waals surface area contributed by atoms with E-state index < -0.39 is 11.6 Å². The van der Waals surface area contributed by atoms with Crippen molar-refractivity contribution in [1.82, 2.24) is 10.2 Å². The van der Waals surface area contributed by atoms with E-state index in [4.69, 9.17) is 0 Å². The summed E-state index contributed by atoms with van der Waals surface area (Å²) < 4.78 is 25.8. The first-order valence-electron chi connectivity index (χ1n) is 5.25. The third-order valence-electron chi connectivity index (χ3n) is 2.83. The molecule has 82 valence electrons. The molecule has 16 heavy (non-hydrogen) atoms. The average Bonchev–Trinajstić information content (AvgIpc) is 3.01. The Morgan fingerprint density at radius 1 is 1.12 bits per heavy atom. The molecule has 2 nitrogen and oxygen atoms in total. The highest BCUT2D eigenvalue weighted by Gasteiger charge is 2.25. The van der Waals surface area contributed by atoms with E-state index in [1.165, 1.54) is 25.0 Å². The third kappa shape index (κ3) is 1.60. The molecule has 1 aromatic carbocycles. The second-order valence-corrected chi connectivity index (χ2v) is 4.11. The van der Waals surface area contributed by atoms with Crippen molar-refractivity contribution in [3.05, 3.63) is 41.6 Å². The van der Waals surface area contributed by atoms with Crippen LogP contribution < -0.4 is 0 Å². The fourth-order valence-corrected chi connectivity index (χ4v) is 1.74. The predicted octanol–water partition coefficient (Wildman–Crippen LogP) is 3.23. The molecule has 0 saturated heterocycles. The van der Waals surface area contributed by atoms with Crippen molar-refractivity contribution in [3.63, 3.8) is 0 Å². The van der Waals surface area contributed by atoms with Crippen molar-refractivity contribution in [2.24, 2.45) is 0 Å². The molecule has 0 unspecified atom stereocenters. The lowest BCUT2D eigenvalue weighted by atomic mass is 10.1. The van der Waals surface area contributed by atoms with Gasteiger partial charge in [-0.05, 0) is 37.1 Å². The second kappa shape index (κ2) is 3.40. The molecular weight excluding hydrogens is 210 g/mol. The number of H-pyrrole nitrogens is 1. The van der Waals surface area contributed by atoms with Gasteiger partial charge >= 0.3 is 0 Å². The van der Waals surface area contributed by atoms with Gasteiger partial charge in [-0.25, -0.2) is 8.78 Å². The second-order valence-electron chi connectivity index (χ2n) is 4.11. The normalized spacial score (nSPS) is 15.4. The monoisotopic (exact) mass is 220 g/mol. The van der Waals surface area contributed by atoms with Crippen LogP contribution in [-0.2, 0) is 0 Å². The van der Waals surface area contributed by atoms with Gasteiger partial charge in [0.25, 0.3) is 0 Å². The number of aromatic nitrogens is 2. The van der Waals surface area contributed by atoms with Gasteiger partial charge in [0.2, 0.25) is 0 Å². The van der Waals surface area contributed by atoms with Crippen molar-refractivity contribution in [3.8, 4) is 11.3 Å². The van der Waals surface area contributed by atoms with Gasteiger partial charge in [-0.3, -0.25) is 5.10 Å². The van der Waals surface area contributed by atoms with Gasteiger partial charge in [0, 0.05) is 17.2 Å². The standard InChI is InChI=1S/C12H10F2N2/c13-9-4-3-8(5-10(9)14)12-6-11(15-16-12)7-1-2-7/h3-7H,1-2H2,(H,15,16). The summed E-state index contributed by atoms with van der Waals surface area (Å²) in [7, 11) is 0. The Morgan fingerprint density at radius 2 is 1.94 bits per heavy atom. The minimum absolute atomic E-state index is 0.576. The van der Waals surface area contributed by atoms with Gasteiger partial charge in [-0.15, -0.1) is 0 Å². The summed E-state index contributed by atoms with van der Waals surface area (Å²) in [5, 5.41) is 7.04. The Labute approximate surface area is 91.3 Å². The van der Waals surface area contributed by atoms with E-state index in [1.807, 2.05) is 6.07 Å². The van der Waals surface area contributed by atoms with Crippen LogP contribution in [0.1, 0.15) is 24.5 Å². The highest BCUT2D eigenvalue weighted by molar-refractivity contribution is 5.59. The van der Waals surface area contributed by atoms with E-state index in [0.717, 1.165) is 11.8 Å². The van der Waals surface area contributed by atoms with Crippen molar-refractivity contribution in [2.45, 2.75) is 18.8 Å². The molecule has 0 bridgehead atoms. The first kappa shape index (κ1) is 9.51. The van der Waals surface area contributed by atoms with E-state index in [0.29, 0.717) is 17.2 Å². The Morgan fingerprint density at radius 3 is 2.62 bits per heavy atom. The Kier molecular flexibility index (Phi) is 2.02. The van der Waals surface area contributed by atoms with E-state index in [2.05, 4.69) is 10.2 Å². The van der Waals surface area contributed by atoms with Gasteiger partial charge < -0.3 is 0 Å². The minimum Gasteiger partial charge on any atom is -0.282 e. The first-order chi connectivity index (χ1) is 7.74. The lowest BCUT2D eigenvalue weighted by Gasteiger charge is -1.96. The maximum atomic E-state index is 13.0. The molecule has 4 heteroatoms. The van der Waals surface area contributed by atoms with E-state index in [-0.39, 0.29) is 0 Å². The molecule has 1 heterocycles.